The average molecular weight is 318 g/mol. The first-order valence-electron chi connectivity index (χ1n) is 6.66. The quantitative estimate of drug-likeness (QED) is 0.285. The standard InChI is InChI=1S/C9H6N2O2.C7H12O3/c1-7-2-3-8(10-5-12)4-9(7)11-6-13;1-6(2)7(9)10-5-3-4-8/h2-4H,1H3;8H,1,3-5H2,2H3. The van der Waals surface area contributed by atoms with Gasteiger partial charge in [0.1, 0.15) is 0 Å². The lowest BCUT2D eigenvalue weighted by Crippen LogP contribution is -2.06. The third-order valence-electron chi connectivity index (χ3n) is 2.42. The van der Waals surface area contributed by atoms with Crippen LogP contribution in [0.25, 0.3) is 0 Å². The Bertz CT molecular complexity index is 642. The van der Waals surface area contributed by atoms with Gasteiger partial charge < -0.3 is 9.84 Å². The van der Waals surface area contributed by atoms with E-state index in [0.717, 1.165) is 5.56 Å². The Hall–Kier alpha value is -2.85. The summed E-state index contributed by atoms with van der Waals surface area (Å²) in [6.45, 7) is 7.09. The van der Waals surface area contributed by atoms with Gasteiger partial charge in [-0.2, -0.15) is 9.98 Å². The minimum absolute atomic E-state index is 0.0451. The summed E-state index contributed by atoms with van der Waals surface area (Å²) in [5.41, 5.74) is 2.10. The van der Waals surface area contributed by atoms with Gasteiger partial charge in [0.15, 0.2) is 0 Å². The van der Waals surface area contributed by atoms with Crippen molar-refractivity contribution in [2.45, 2.75) is 20.3 Å². The number of nitrogens with zero attached hydrogens (tertiary/aromatic N) is 2. The lowest BCUT2D eigenvalue weighted by atomic mass is 10.2. The average Bonchev–Trinajstić information content (AvgIpc) is 2.52. The molecule has 0 aromatic heterocycles. The molecule has 0 amide bonds. The van der Waals surface area contributed by atoms with Gasteiger partial charge in [-0.05, 0) is 31.5 Å². The van der Waals surface area contributed by atoms with Gasteiger partial charge in [-0.25, -0.2) is 14.4 Å². The number of isocyanates is 2. The van der Waals surface area contributed by atoms with Gasteiger partial charge >= 0.3 is 5.97 Å². The Morgan fingerprint density at radius 1 is 1.30 bits per heavy atom. The van der Waals surface area contributed by atoms with Gasteiger partial charge in [-0.3, -0.25) is 0 Å². The maximum Gasteiger partial charge on any atom is 0.333 e. The number of aliphatic imine (C=N–C) groups is 2. The lowest BCUT2D eigenvalue weighted by Gasteiger charge is -2.00. The van der Waals surface area contributed by atoms with Gasteiger partial charge in [0, 0.05) is 18.6 Å². The number of aliphatic hydroxyl groups excluding tert-OH is 1. The highest BCUT2D eigenvalue weighted by Crippen LogP contribution is 2.23. The molecule has 1 N–H and O–H groups in total. The van der Waals surface area contributed by atoms with Gasteiger partial charge in [-0.15, -0.1) is 0 Å². The number of carbonyl (C=O) groups is 1. The fraction of sp³-hybridized carbons (Fsp3) is 0.312. The number of aliphatic hydroxyl groups is 1. The molecule has 7 nitrogen and oxygen atoms in total. The van der Waals surface area contributed by atoms with E-state index in [2.05, 4.69) is 21.3 Å². The topological polar surface area (TPSA) is 105 Å². The normalized spacial score (nSPS) is 8.65. The molecule has 23 heavy (non-hydrogen) atoms. The van der Waals surface area contributed by atoms with Crippen molar-refractivity contribution in [3.63, 3.8) is 0 Å². The van der Waals surface area contributed by atoms with Crippen LogP contribution >= 0.6 is 0 Å². The Labute approximate surface area is 134 Å². The van der Waals surface area contributed by atoms with Gasteiger partial charge in [0.2, 0.25) is 12.2 Å². The fourth-order valence-electron chi connectivity index (χ4n) is 1.24. The van der Waals surface area contributed by atoms with E-state index in [-0.39, 0.29) is 13.2 Å². The molecule has 122 valence electrons. The SMILES string of the molecule is C=C(C)C(=O)OCCCO.Cc1ccc(N=C=O)cc1N=C=O. The number of esters is 1. The molecule has 0 atom stereocenters. The van der Waals surface area contributed by atoms with E-state index < -0.39 is 5.97 Å². The number of ether oxygens (including phenoxy) is 1. The molecule has 1 aromatic rings. The maximum atomic E-state index is 10.6. The number of hydrogen-bond donors (Lipinski definition) is 1. The largest absolute Gasteiger partial charge is 0.462 e. The zero-order chi connectivity index (χ0) is 17.7. The summed E-state index contributed by atoms with van der Waals surface area (Å²) in [6.07, 6.45) is 3.32. The Morgan fingerprint density at radius 2 is 1.96 bits per heavy atom. The van der Waals surface area contributed by atoms with E-state index in [9.17, 15) is 14.4 Å². The smallest absolute Gasteiger partial charge is 0.333 e. The highest BCUT2D eigenvalue weighted by atomic mass is 16.5. The van der Waals surface area contributed by atoms with Crippen LogP contribution in [0.1, 0.15) is 18.9 Å². The second-order valence-corrected chi connectivity index (χ2v) is 4.37. The number of carbonyl (C=O) groups excluding carboxylic acids is 3. The maximum absolute atomic E-state index is 10.6. The molecule has 1 rings (SSSR count). The van der Waals surface area contributed by atoms with Crippen LogP contribution in [0.2, 0.25) is 0 Å². The predicted molar refractivity (Wildman–Crippen MR) is 84.2 cm³/mol. The first-order valence-corrected chi connectivity index (χ1v) is 6.66. The molecule has 0 saturated heterocycles. The molecule has 0 bridgehead atoms. The van der Waals surface area contributed by atoms with Crippen molar-refractivity contribution in [3.05, 3.63) is 35.9 Å². The minimum atomic E-state index is -0.395. The van der Waals surface area contributed by atoms with Crippen LogP contribution in [-0.2, 0) is 19.1 Å². The predicted octanol–water partition coefficient (Wildman–Crippen LogP) is 2.42. The van der Waals surface area contributed by atoms with Crippen molar-refractivity contribution in [1.29, 1.82) is 0 Å². The number of rotatable bonds is 6. The number of aryl methyl sites for hydroxylation is 1. The summed E-state index contributed by atoms with van der Waals surface area (Å²) in [5, 5.41) is 8.30. The van der Waals surface area contributed by atoms with Crippen molar-refractivity contribution in [3.8, 4) is 0 Å². The molecule has 0 saturated carbocycles. The molecule has 0 aliphatic carbocycles. The third-order valence-corrected chi connectivity index (χ3v) is 2.42. The zero-order valence-corrected chi connectivity index (χ0v) is 13.0. The van der Waals surface area contributed by atoms with Crippen LogP contribution in [0.3, 0.4) is 0 Å². The van der Waals surface area contributed by atoms with Crippen LogP contribution < -0.4 is 0 Å². The van der Waals surface area contributed by atoms with Crippen molar-refractivity contribution in [1.82, 2.24) is 0 Å². The molecular formula is C16H18N2O5. The Kier molecular flexibility index (Phi) is 10.3. The monoisotopic (exact) mass is 318 g/mol. The summed E-state index contributed by atoms with van der Waals surface area (Å²) >= 11 is 0. The summed E-state index contributed by atoms with van der Waals surface area (Å²) < 4.78 is 4.65. The van der Waals surface area contributed by atoms with Crippen molar-refractivity contribution in [2.24, 2.45) is 9.98 Å². The molecule has 7 heteroatoms. The molecule has 0 radical (unpaired) electrons. The molecule has 0 aliphatic rings. The third kappa shape index (κ3) is 8.90. The first kappa shape index (κ1) is 20.1. The highest BCUT2D eigenvalue weighted by molar-refractivity contribution is 5.86. The molecule has 0 unspecified atom stereocenters. The fourth-order valence-corrected chi connectivity index (χ4v) is 1.24. The Balaban J connectivity index is 0.000000438. The number of benzene rings is 1. The van der Waals surface area contributed by atoms with Crippen LogP contribution in [0.15, 0.2) is 40.3 Å². The lowest BCUT2D eigenvalue weighted by molar-refractivity contribution is -0.139. The Morgan fingerprint density at radius 3 is 2.48 bits per heavy atom. The van der Waals surface area contributed by atoms with Gasteiger partial charge in [0.05, 0.1) is 18.0 Å². The van der Waals surface area contributed by atoms with E-state index in [4.69, 9.17) is 5.11 Å². The molecule has 0 spiro atoms. The van der Waals surface area contributed by atoms with E-state index in [0.29, 0.717) is 23.4 Å². The van der Waals surface area contributed by atoms with Crippen LogP contribution in [0.5, 0.6) is 0 Å². The summed E-state index contributed by atoms with van der Waals surface area (Å²) in [5.74, 6) is -0.395. The van der Waals surface area contributed by atoms with Gasteiger partial charge in [-0.1, -0.05) is 12.6 Å². The minimum Gasteiger partial charge on any atom is -0.462 e. The molecular weight excluding hydrogens is 300 g/mol. The van der Waals surface area contributed by atoms with E-state index in [1.54, 1.807) is 26.0 Å². The van der Waals surface area contributed by atoms with Crippen molar-refractivity contribution < 1.29 is 24.2 Å². The first-order chi connectivity index (χ1) is 11.0. The van der Waals surface area contributed by atoms with Crippen LogP contribution in [0, 0.1) is 6.92 Å². The van der Waals surface area contributed by atoms with Crippen LogP contribution in [-0.4, -0.2) is 36.4 Å². The van der Waals surface area contributed by atoms with Crippen molar-refractivity contribution in [2.75, 3.05) is 13.2 Å². The number of hydrogen-bond acceptors (Lipinski definition) is 7. The van der Waals surface area contributed by atoms with E-state index in [1.807, 2.05) is 0 Å². The second kappa shape index (κ2) is 11.8. The zero-order valence-electron chi connectivity index (χ0n) is 13.0. The second-order valence-electron chi connectivity index (χ2n) is 4.37. The summed E-state index contributed by atoms with van der Waals surface area (Å²) in [7, 11) is 0. The summed E-state index contributed by atoms with van der Waals surface area (Å²) in [4.78, 5) is 37.4. The van der Waals surface area contributed by atoms with Gasteiger partial charge in [0.25, 0.3) is 0 Å². The summed E-state index contributed by atoms with van der Waals surface area (Å²) in [6, 6.07) is 4.88. The van der Waals surface area contributed by atoms with E-state index >= 15 is 0 Å². The van der Waals surface area contributed by atoms with E-state index in [1.165, 1.54) is 18.2 Å². The molecule has 0 heterocycles. The van der Waals surface area contributed by atoms with Crippen LogP contribution in [0.4, 0.5) is 11.4 Å². The highest BCUT2D eigenvalue weighted by Gasteiger charge is 2.00. The molecule has 1 aromatic carbocycles. The molecule has 0 aliphatic heterocycles. The van der Waals surface area contributed by atoms with Crippen molar-refractivity contribution >= 4 is 29.5 Å². The molecule has 0 fully saturated rings.